The van der Waals surface area contributed by atoms with Crippen molar-refractivity contribution < 1.29 is 18.8 Å². The lowest BCUT2D eigenvalue weighted by Crippen LogP contribution is -2.08. The summed E-state index contributed by atoms with van der Waals surface area (Å²) in [6.07, 6.45) is 0. The molecule has 0 saturated heterocycles. The number of hydrogen-bond acceptors (Lipinski definition) is 6. The van der Waals surface area contributed by atoms with Crippen LogP contribution in [0, 0.1) is 0 Å². The number of carbonyl (C=O) groups is 1. The zero-order valence-corrected chi connectivity index (χ0v) is 14.2. The molecule has 0 N–H and O–H groups in total. The Balaban J connectivity index is 1.66. The molecule has 3 rings (SSSR count). The van der Waals surface area contributed by atoms with Gasteiger partial charge in [-0.15, -0.1) is 0 Å². The van der Waals surface area contributed by atoms with Gasteiger partial charge in [0.15, 0.2) is 6.61 Å². The van der Waals surface area contributed by atoms with Crippen molar-refractivity contribution in [1.82, 2.24) is 10.1 Å². The van der Waals surface area contributed by atoms with Gasteiger partial charge < -0.3 is 14.0 Å². The van der Waals surface area contributed by atoms with Gasteiger partial charge in [-0.3, -0.25) is 0 Å². The number of halogens is 1. The predicted octanol–water partition coefficient (Wildman–Crippen LogP) is 4.15. The summed E-state index contributed by atoms with van der Waals surface area (Å²) in [6.45, 7) is 2.18. The number of nitrogens with zero attached hydrogens (tertiary/aromatic N) is 2. The molecule has 0 aliphatic carbocycles. The standard InChI is InChI=1S/C18H15ClN2O4/c1-2-23-15-6-4-3-5-14(15)18(22)24-11-16-20-17(21-25-16)12-7-9-13(19)10-8-12/h3-10H,2,11H2,1H3. The number of esters is 1. The number of ether oxygens (including phenoxy) is 2. The molecule has 0 amide bonds. The van der Waals surface area contributed by atoms with Gasteiger partial charge in [-0.2, -0.15) is 4.98 Å². The smallest absolute Gasteiger partial charge is 0.342 e. The Morgan fingerprint density at radius 2 is 1.92 bits per heavy atom. The van der Waals surface area contributed by atoms with E-state index in [0.29, 0.717) is 28.8 Å². The van der Waals surface area contributed by atoms with Crippen molar-refractivity contribution in [3.8, 4) is 17.1 Å². The Morgan fingerprint density at radius 3 is 2.68 bits per heavy atom. The lowest BCUT2D eigenvalue weighted by molar-refractivity contribution is 0.0425. The van der Waals surface area contributed by atoms with E-state index < -0.39 is 5.97 Å². The predicted molar refractivity (Wildman–Crippen MR) is 91.5 cm³/mol. The summed E-state index contributed by atoms with van der Waals surface area (Å²) in [5.74, 6) is 0.558. The Morgan fingerprint density at radius 1 is 1.16 bits per heavy atom. The minimum Gasteiger partial charge on any atom is -0.493 e. The fourth-order valence-electron chi connectivity index (χ4n) is 2.15. The molecule has 1 aromatic heterocycles. The van der Waals surface area contributed by atoms with E-state index in [4.69, 9.17) is 25.6 Å². The number of benzene rings is 2. The molecule has 6 nitrogen and oxygen atoms in total. The second-order valence-corrected chi connectivity index (χ2v) is 5.46. The van der Waals surface area contributed by atoms with Crippen molar-refractivity contribution in [3.63, 3.8) is 0 Å². The number of hydrogen-bond donors (Lipinski definition) is 0. The summed E-state index contributed by atoms with van der Waals surface area (Å²) in [6, 6.07) is 13.9. The van der Waals surface area contributed by atoms with Gasteiger partial charge in [0, 0.05) is 10.6 Å². The molecule has 0 unspecified atom stereocenters. The molecule has 25 heavy (non-hydrogen) atoms. The molecule has 0 saturated carbocycles. The maximum atomic E-state index is 12.2. The number of rotatable bonds is 6. The Bertz CT molecular complexity index is 862. The Hall–Kier alpha value is -2.86. The zero-order valence-electron chi connectivity index (χ0n) is 13.4. The van der Waals surface area contributed by atoms with Gasteiger partial charge >= 0.3 is 5.97 Å². The SMILES string of the molecule is CCOc1ccccc1C(=O)OCc1nc(-c2ccc(Cl)cc2)no1. The summed E-state index contributed by atoms with van der Waals surface area (Å²) in [5, 5.41) is 4.49. The van der Waals surface area contributed by atoms with E-state index in [2.05, 4.69) is 10.1 Å². The maximum Gasteiger partial charge on any atom is 0.342 e. The number of para-hydroxylation sites is 1. The van der Waals surface area contributed by atoms with Crippen LogP contribution in [0.2, 0.25) is 5.02 Å². The maximum absolute atomic E-state index is 12.2. The van der Waals surface area contributed by atoms with E-state index in [-0.39, 0.29) is 12.5 Å². The van der Waals surface area contributed by atoms with Crippen LogP contribution in [-0.4, -0.2) is 22.7 Å². The van der Waals surface area contributed by atoms with Crippen LogP contribution in [0.5, 0.6) is 5.75 Å². The van der Waals surface area contributed by atoms with Crippen molar-refractivity contribution in [2.75, 3.05) is 6.61 Å². The van der Waals surface area contributed by atoms with Crippen molar-refractivity contribution in [2.24, 2.45) is 0 Å². The van der Waals surface area contributed by atoms with Crippen LogP contribution in [0.15, 0.2) is 53.1 Å². The zero-order chi connectivity index (χ0) is 17.6. The molecule has 0 atom stereocenters. The molecular weight excluding hydrogens is 344 g/mol. The molecule has 3 aromatic rings. The first kappa shape index (κ1) is 17.0. The Kier molecular flexibility index (Phi) is 5.30. The highest BCUT2D eigenvalue weighted by Crippen LogP contribution is 2.21. The topological polar surface area (TPSA) is 74.5 Å². The highest BCUT2D eigenvalue weighted by molar-refractivity contribution is 6.30. The van der Waals surface area contributed by atoms with Gasteiger partial charge in [0.1, 0.15) is 11.3 Å². The molecular formula is C18H15ClN2O4. The molecule has 0 radical (unpaired) electrons. The average molecular weight is 359 g/mol. The van der Waals surface area contributed by atoms with Gasteiger partial charge in [0.25, 0.3) is 5.89 Å². The average Bonchev–Trinajstić information content (AvgIpc) is 3.10. The van der Waals surface area contributed by atoms with E-state index >= 15 is 0 Å². The van der Waals surface area contributed by atoms with Crippen molar-refractivity contribution in [2.45, 2.75) is 13.5 Å². The molecule has 1 heterocycles. The van der Waals surface area contributed by atoms with Gasteiger partial charge in [0.05, 0.1) is 6.61 Å². The highest BCUT2D eigenvalue weighted by Gasteiger charge is 2.16. The second-order valence-electron chi connectivity index (χ2n) is 5.02. The van der Waals surface area contributed by atoms with Crippen molar-refractivity contribution in [3.05, 3.63) is 65.0 Å². The van der Waals surface area contributed by atoms with Crippen LogP contribution >= 0.6 is 11.6 Å². The molecule has 0 aliphatic rings. The van der Waals surface area contributed by atoms with Crippen LogP contribution in [0.1, 0.15) is 23.2 Å². The first-order valence-electron chi connectivity index (χ1n) is 7.65. The third kappa shape index (κ3) is 4.16. The second kappa shape index (κ2) is 7.81. The summed E-state index contributed by atoms with van der Waals surface area (Å²) < 4.78 is 15.8. The van der Waals surface area contributed by atoms with Crippen LogP contribution in [-0.2, 0) is 11.3 Å². The molecule has 7 heteroatoms. The summed E-state index contributed by atoms with van der Waals surface area (Å²) >= 11 is 5.85. The summed E-state index contributed by atoms with van der Waals surface area (Å²) in [5.41, 5.74) is 1.11. The third-order valence-corrected chi connectivity index (χ3v) is 3.56. The van der Waals surface area contributed by atoms with E-state index in [1.807, 2.05) is 6.92 Å². The Labute approximate surface area is 149 Å². The fraction of sp³-hybridized carbons (Fsp3) is 0.167. The van der Waals surface area contributed by atoms with E-state index in [0.717, 1.165) is 5.56 Å². The quantitative estimate of drug-likeness (QED) is 0.616. The third-order valence-electron chi connectivity index (χ3n) is 3.30. The molecule has 0 aliphatic heterocycles. The van der Waals surface area contributed by atoms with Crippen molar-refractivity contribution >= 4 is 17.6 Å². The largest absolute Gasteiger partial charge is 0.493 e. The lowest BCUT2D eigenvalue weighted by Gasteiger charge is -2.08. The summed E-state index contributed by atoms with van der Waals surface area (Å²) in [4.78, 5) is 16.4. The van der Waals surface area contributed by atoms with Crippen LogP contribution in [0.3, 0.4) is 0 Å². The molecule has 2 aromatic carbocycles. The first-order chi connectivity index (χ1) is 12.2. The minimum absolute atomic E-state index is 0.125. The van der Waals surface area contributed by atoms with Crippen LogP contribution in [0.4, 0.5) is 0 Å². The van der Waals surface area contributed by atoms with Gasteiger partial charge in [-0.1, -0.05) is 28.9 Å². The van der Waals surface area contributed by atoms with Gasteiger partial charge in [0.2, 0.25) is 5.82 Å². The molecule has 128 valence electrons. The van der Waals surface area contributed by atoms with Gasteiger partial charge in [-0.05, 0) is 43.3 Å². The molecule has 0 spiro atoms. The van der Waals surface area contributed by atoms with E-state index in [9.17, 15) is 4.79 Å². The van der Waals surface area contributed by atoms with Crippen LogP contribution < -0.4 is 4.74 Å². The number of aromatic nitrogens is 2. The highest BCUT2D eigenvalue weighted by atomic mass is 35.5. The monoisotopic (exact) mass is 358 g/mol. The van der Waals surface area contributed by atoms with Crippen LogP contribution in [0.25, 0.3) is 11.4 Å². The molecule has 0 fully saturated rings. The van der Waals surface area contributed by atoms with E-state index in [1.165, 1.54) is 0 Å². The van der Waals surface area contributed by atoms with Gasteiger partial charge in [-0.25, -0.2) is 4.79 Å². The normalized spacial score (nSPS) is 10.5. The fourth-order valence-corrected chi connectivity index (χ4v) is 2.28. The van der Waals surface area contributed by atoms with E-state index in [1.54, 1.807) is 48.5 Å². The van der Waals surface area contributed by atoms with Crippen molar-refractivity contribution in [1.29, 1.82) is 0 Å². The first-order valence-corrected chi connectivity index (χ1v) is 8.02. The number of carbonyl (C=O) groups excluding carboxylic acids is 1. The minimum atomic E-state index is -0.518. The summed E-state index contributed by atoms with van der Waals surface area (Å²) in [7, 11) is 0. The lowest BCUT2D eigenvalue weighted by atomic mass is 10.2. The molecule has 0 bridgehead atoms.